The predicted molar refractivity (Wildman–Crippen MR) is 60.9 cm³/mol. The van der Waals surface area contributed by atoms with Crippen LogP contribution in [-0.2, 0) is 13.0 Å². The van der Waals surface area contributed by atoms with E-state index in [1.807, 2.05) is 0 Å². The van der Waals surface area contributed by atoms with E-state index in [4.69, 9.17) is 0 Å². The molecule has 0 N–H and O–H groups in total. The van der Waals surface area contributed by atoms with E-state index in [1.165, 1.54) is 15.6 Å². The van der Waals surface area contributed by atoms with Crippen molar-refractivity contribution < 1.29 is 0 Å². The first-order valence-electron chi connectivity index (χ1n) is 4.55. The molecular formula is C11H16BrN. The summed E-state index contributed by atoms with van der Waals surface area (Å²) in [6.45, 7) is 3.22. The fraction of sp³-hybridized carbons (Fsp3) is 0.455. The third-order valence-electron chi connectivity index (χ3n) is 2.04. The van der Waals surface area contributed by atoms with Gasteiger partial charge in [-0.25, -0.2) is 0 Å². The van der Waals surface area contributed by atoms with Crippen LogP contribution in [0.25, 0.3) is 0 Å². The molecule has 0 saturated heterocycles. The van der Waals surface area contributed by atoms with Gasteiger partial charge in [0.1, 0.15) is 0 Å². The third kappa shape index (κ3) is 3.12. The molecule has 0 bridgehead atoms. The van der Waals surface area contributed by atoms with Crippen molar-refractivity contribution >= 4 is 15.9 Å². The van der Waals surface area contributed by atoms with Crippen LogP contribution >= 0.6 is 15.9 Å². The van der Waals surface area contributed by atoms with Gasteiger partial charge in [0, 0.05) is 11.0 Å². The Morgan fingerprint density at radius 3 is 2.46 bits per heavy atom. The lowest BCUT2D eigenvalue weighted by Crippen LogP contribution is -2.12. The molecule has 0 aromatic heterocycles. The summed E-state index contributed by atoms with van der Waals surface area (Å²) < 4.78 is 1.17. The van der Waals surface area contributed by atoms with E-state index < -0.39 is 0 Å². The summed E-state index contributed by atoms with van der Waals surface area (Å²) in [6.07, 6.45) is 1.10. The van der Waals surface area contributed by atoms with Crippen LogP contribution in [-0.4, -0.2) is 19.0 Å². The summed E-state index contributed by atoms with van der Waals surface area (Å²) >= 11 is 3.49. The normalized spacial score (nSPS) is 10.8. The molecule has 0 aliphatic heterocycles. The Balaban J connectivity index is 2.92. The van der Waals surface area contributed by atoms with Crippen LogP contribution in [0, 0.1) is 0 Å². The first-order chi connectivity index (χ1) is 6.13. The zero-order valence-electron chi connectivity index (χ0n) is 8.47. The summed E-state index contributed by atoms with van der Waals surface area (Å²) in [6, 6.07) is 6.51. The van der Waals surface area contributed by atoms with Gasteiger partial charge in [0.2, 0.25) is 0 Å². The van der Waals surface area contributed by atoms with Gasteiger partial charge < -0.3 is 4.90 Å². The smallest absolute Gasteiger partial charge is 0.0230 e. The highest BCUT2D eigenvalue weighted by atomic mass is 79.9. The van der Waals surface area contributed by atoms with Crippen molar-refractivity contribution in [3.8, 4) is 0 Å². The number of hydrogen-bond donors (Lipinski definition) is 0. The van der Waals surface area contributed by atoms with E-state index in [9.17, 15) is 0 Å². The lowest BCUT2D eigenvalue weighted by Gasteiger charge is -2.13. The van der Waals surface area contributed by atoms with Crippen molar-refractivity contribution in [3.63, 3.8) is 0 Å². The van der Waals surface area contributed by atoms with E-state index in [1.54, 1.807) is 0 Å². The molecule has 2 heteroatoms. The van der Waals surface area contributed by atoms with Crippen LogP contribution in [0.5, 0.6) is 0 Å². The molecule has 0 atom stereocenters. The molecule has 1 aromatic carbocycles. The van der Waals surface area contributed by atoms with Gasteiger partial charge in [-0.3, -0.25) is 0 Å². The zero-order chi connectivity index (χ0) is 9.84. The predicted octanol–water partition coefficient (Wildman–Crippen LogP) is 3.07. The number of benzene rings is 1. The van der Waals surface area contributed by atoms with Gasteiger partial charge in [-0.15, -0.1) is 0 Å². The van der Waals surface area contributed by atoms with Crippen LogP contribution in [0.15, 0.2) is 22.7 Å². The van der Waals surface area contributed by atoms with E-state index >= 15 is 0 Å². The Hall–Kier alpha value is -0.340. The molecule has 0 aliphatic rings. The van der Waals surface area contributed by atoms with Crippen LogP contribution < -0.4 is 0 Å². The highest BCUT2D eigenvalue weighted by molar-refractivity contribution is 9.10. The van der Waals surface area contributed by atoms with E-state index in [2.05, 4.69) is 60.0 Å². The lowest BCUT2D eigenvalue weighted by molar-refractivity contribution is 0.401. The molecule has 0 spiro atoms. The van der Waals surface area contributed by atoms with Crippen LogP contribution in [0.3, 0.4) is 0 Å². The minimum atomic E-state index is 1.02. The molecule has 72 valence electrons. The van der Waals surface area contributed by atoms with Crippen molar-refractivity contribution in [2.75, 3.05) is 14.1 Å². The summed E-state index contributed by atoms with van der Waals surface area (Å²) in [7, 11) is 4.20. The maximum atomic E-state index is 3.49. The van der Waals surface area contributed by atoms with Gasteiger partial charge in [-0.05, 0) is 43.8 Å². The van der Waals surface area contributed by atoms with Gasteiger partial charge in [0.25, 0.3) is 0 Å². The molecule has 1 aromatic rings. The number of hydrogen-bond acceptors (Lipinski definition) is 1. The lowest BCUT2D eigenvalue weighted by atomic mass is 10.1. The first kappa shape index (κ1) is 10.7. The Morgan fingerprint density at radius 1 is 1.23 bits per heavy atom. The number of aryl methyl sites for hydroxylation is 1. The Morgan fingerprint density at radius 2 is 1.92 bits per heavy atom. The molecule has 0 unspecified atom stereocenters. The minimum absolute atomic E-state index is 1.02. The van der Waals surface area contributed by atoms with Gasteiger partial charge in [0.15, 0.2) is 0 Å². The summed E-state index contributed by atoms with van der Waals surface area (Å²) in [5.41, 5.74) is 2.86. The SMILES string of the molecule is CCc1cc(Br)ccc1CN(C)C. The van der Waals surface area contributed by atoms with Gasteiger partial charge >= 0.3 is 0 Å². The average molecular weight is 242 g/mol. The molecular weight excluding hydrogens is 226 g/mol. The van der Waals surface area contributed by atoms with E-state index in [0.29, 0.717) is 0 Å². The van der Waals surface area contributed by atoms with E-state index in [0.717, 1.165) is 13.0 Å². The van der Waals surface area contributed by atoms with E-state index in [-0.39, 0.29) is 0 Å². The number of nitrogens with zero attached hydrogens (tertiary/aromatic N) is 1. The van der Waals surface area contributed by atoms with Crippen molar-refractivity contribution in [1.82, 2.24) is 4.90 Å². The maximum Gasteiger partial charge on any atom is 0.0230 e. The molecule has 0 aliphatic carbocycles. The molecule has 0 heterocycles. The molecule has 0 amide bonds. The maximum absolute atomic E-state index is 3.49. The van der Waals surface area contributed by atoms with Crippen LogP contribution in [0.2, 0.25) is 0 Å². The zero-order valence-corrected chi connectivity index (χ0v) is 10.1. The highest BCUT2D eigenvalue weighted by Gasteiger charge is 2.02. The fourth-order valence-corrected chi connectivity index (χ4v) is 1.83. The standard InChI is InChI=1S/C11H16BrN/c1-4-9-7-11(12)6-5-10(9)8-13(2)3/h5-7H,4,8H2,1-3H3. The summed E-state index contributed by atoms with van der Waals surface area (Å²) in [5.74, 6) is 0. The van der Waals surface area contributed by atoms with Crippen LogP contribution in [0.1, 0.15) is 18.1 Å². The van der Waals surface area contributed by atoms with Crippen molar-refractivity contribution in [3.05, 3.63) is 33.8 Å². The second-order valence-electron chi connectivity index (χ2n) is 3.50. The number of rotatable bonds is 3. The molecule has 0 saturated carbocycles. The topological polar surface area (TPSA) is 3.24 Å². The second-order valence-corrected chi connectivity index (χ2v) is 4.42. The molecule has 0 radical (unpaired) electrons. The first-order valence-corrected chi connectivity index (χ1v) is 5.34. The summed E-state index contributed by atoms with van der Waals surface area (Å²) in [4.78, 5) is 2.20. The van der Waals surface area contributed by atoms with Gasteiger partial charge in [0.05, 0.1) is 0 Å². The van der Waals surface area contributed by atoms with Gasteiger partial charge in [-0.2, -0.15) is 0 Å². The van der Waals surface area contributed by atoms with Crippen LogP contribution in [0.4, 0.5) is 0 Å². The van der Waals surface area contributed by atoms with Crippen molar-refractivity contribution in [2.45, 2.75) is 19.9 Å². The highest BCUT2D eigenvalue weighted by Crippen LogP contribution is 2.18. The minimum Gasteiger partial charge on any atom is -0.305 e. The monoisotopic (exact) mass is 241 g/mol. The molecule has 1 rings (SSSR count). The van der Waals surface area contributed by atoms with Crippen molar-refractivity contribution in [2.24, 2.45) is 0 Å². The quantitative estimate of drug-likeness (QED) is 0.787. The molecule has 0 fully saturated rings. The van der Waals surface area contributed by atoms with Crippen molar-refractivity contribution in [1.29, 1.82) is 0 Å². The second kappa shape index (κ2) is 4.77. The fourth-order valence-electron chi connectivity index (χ4n) is 1.42. The van der Waals surface area contributed by atoms with Gasteiger partial charge in [-0.1, -0.05) is 28.9 Å². The summed E-state index contributed by atoms with van der Waals surface area (Å²) in [5, 5.41) is 0. The Labute approximate surface area is 88.9 Å². The molecule has 13 heavy (non-hydrogen) atoms. The third-order valence-corrected chi connectivity index (χ3v) is 2.53. The largest absolute Gasteiger partial charge is 0.305 e. The average Bonchev–Trinajstić information content (AvgIpc) is 2.07. The Bertz CT molecular complexity index is 281. The number of halogens is 1. The molecule has 1 nitrogen and oxygen atoms in total. The Kier molecular flexibility index (Phi) is 3.94.